The van der Waals surface area contributed by atoms with Crippen molar-refractivity contribution in [2.45, 2.75) is 6.92 Å². The van der Waals surface area contributed by atoms with Gasteiger partial charge in [-0.15, -0.1) is 0 Å². The summed E-state index contributed by atoms with van der Waals surface area (Å²) in [5.74, 6) is -1.77. The van der Waals surface area contributed by atoms with Gasteiger partial charge in [0, 0.05) is 24.8 Å². The molecule has 9 heteroatoms. The van der Waals surface area contributed by atoms with Crippen molar-refractivity contribution in [3.63, 3.8) is 0 Å². The summed E-state index contributed by atoms with van der Waals surface area (Å²) in [6.07, 6.45) is 0. The molecule has 0 unspecified atom stereocenters. The molecule has 114 valence electrons. The number of hydrogen-bond donors (Lipinski definition) is 2. The van der Waals surface area contributed by atoms with Gasteiger partial charge in [-0.05, 0) is 19.1 Å². The number of aliphatic hydroxyl groups excluding tert-OH is 1. The average molecular weight is 316 g/mol. The number of amides is 2. The van der Waals surface area contributed by atoms with Gasteiger partial charge in [0.2, 0.25) is 0 Å². The summed E-state index contributed by atoms with van der Waals surface area (Å²) in [5, 5.41) is 21.7. The van der Waals surface area contributed by atoms with Crippen LogP contribution in [0.2, 0.25) is 5.02 Å². The maximum atomic E-state index is 11.8. The Labute approximate surface area is 125 Å². The maximum absolute atomic E-state index is 11.8. The highest BCUT2D eigenvalue weighted by Crippen LogP contribution is 2.27. The van der Waals surface area contributed by atoms with Gasteiger partial charge in [0.15, 0.2) is 0 Å². The molecule has 8 nitrogen and oxygen atoms in total. The van der Waals surface area contributed by atoms with E-state index in [0.717, 1.165) is 11.0 Å². The maximum Gasteiger partial charge on any atom is 0.313 e. The van der Waals surface area contributed by atoms with E-state index in [1.165, 1.54) is 12.1 Å². The summed E-state index contributed by atoms with van der Waals surface area (Å²) in [4.78, 5) is 34.8. The molecule has 0 atom stereocenters. The lowest BCUT2D eigenvalue weighted by molar-refractivity contribution is -0.384. The van der Waals surface area contributed by atoms with Gasteiger partial charge >= 0.3 is 11.8 Å². The molecule has 0 radical (unpaired) electrons. The normalized spacial score (nSPS) is 10.0. The number of aliphatic hydroxyl groups is 1. The Bertz CT molecular complexity index is 564. The molecule has 1 aromatic rings. The molecule has 21 heavy (non-hydrogen) atoms. The van der Waals surface area contributed by atoms with Crippen LogP contribution in [0.3, 0.4) is 0 Å². The van der Waals surface area contributed by atoms with Gasteiger partial charge in [-0.25, -0.2) is 0 Å². The smallest absolute Gasteiger partial charge is 0.313 e. The molecule has 0 bridgehead atoms. The van der Waals surface area contributed by atoms with Crippen molar-refractivity contribution in [3.05, 3.63) is 33.3 Å². The number of rotatable bonds is 5. The van der Waals surface area contributed by atoms with Crippen molar-refractivity contribution in [1.82, 2.24) is 4.90 Å². The van der Waals surface area contributed by atoms with Crippen LogP contribution in [0.1, 0.15) is 6.92 Å². The first-order valence-corrected chi connectivity index (χ1v) is 6.43. The van der Waals surface area contributed by atoms with Crippen molar-refractivity contribution in [2.24, 2.45) is 0 Å². The van der Waals surface area contributed by atoms with E-state index < -0.39 is 16.7 Å². The number of nitro benzene ring substituents is 1. The Hall–Kier alpha value is -2.19. The summed E-state index contributed by atoms with van der Waals surface area (Å²) in [7, 11) is 0. The number of benzene rings is 1. The number of carbonyl (C=O) groups is 2. The summed E-state index contributed by atoms with van der Waals surface area (Å²) in [6, 6.07) is 3.67. The summed E-state index contributed by atoms with van der Waals surface area (Å²) < 4.78 is 0. The monoisotopic (exact) mass is 315 g/mol. The van der Waals surface area contributed by atoms with Crippen molar-refractivity contribution < 1.29 is 19.6 Å². The number of hydrogen-bond acceptors (Lipinski definition) is 5. The zero-order chi connectivity index (χ0) is 16.0. The van der Waals surface area contributed by atoms with E-state index in [0.29, 0.717) is 0 Å². The first-order chi connectivity index (χ1) is 9.90. The highest BCUT2D eigenvalue weighted by atomic mass is 35.5. The molecule has 0 aromatic heterocycles. The van der Waals surface area contributed by atoms with Crippen LogP contribution in [0.4, 0.5) is 11.4 Å². The molecule has 2 amide bonds. The van der Waals surface area contributed by atoms with Gasteiger partial charge in [0.05, 0.1) is 11.5 Å². The molecule has 1 rings (SSSR count). The lowest BCUT2D eigenvalue weighted by Crippen LogP contribution is -2.41. The van der Waals surface area contributed by atoms with Crippen molar-refractivity contribution >= 4 is 34.8 Å². The first-order valence-electron chi connectivity index (χ1n) is 6.05. The Morgan fingerprint density at radius 3 is 2.67 bits per heavy atom. The fourth-order valence-electron chi connectivity index (χ4n) is 1.58. The van der Waals surface area contributed by atoms with E-state index in [4.69, 9.17) is 16.7 Å². The SMILES string of the molecule is CCN(CCO)C(=O)C(=O)Nc1ccc(Cl)c([N+](=O)[O-])c1. The van der Waals surface area contributed by atoms with E-state index in [1.807, 2.05) is 0 Å². The van der Waals surface area contributed by atoms with Gasteiger partial charge in [0.25, 0.3) is 5.69 Å². The molecule has 0 saturated heterocycles. The molecule has 2 N–H and O–H groups in total. The van der Waals surface area contributed by atoms with Crippen LogP contribution in [-0.2, 0) is 9.59 Å². The molecule has 0 aliphatic rings. The van der Waals surface area contributed by atoms with Crippen LogP contribution in [0, 0.1) is 10.1 Å². The molecule has 0 saturated carbocycles. The highest BCUT2D eigenvalue weighted by molar-refractivity contribution is 6.39. The minimum Gasteiger partial charge on any atom is -0.395 e. The third-order valence-corrected chi connectivity index (χ3v) is 2.95. The summed E-state index contributed by atoms with van der Waals surface area (Å²) in [5.41, 5.74) is -0.283. The zero-order valence-corrected chi connectivity index (χ0v) is 12.0. The topological polar surface area (TPSA) is 113 Å². The Kier molecular flexibility index (Phi) is 6.07. The van der Waals surface area contributed by atoms with Crippen LogP contribution >= 0.6 is 11.6 Å². The van der Waals surface area contributed by atoms with Crippen LogP contribution < -0.4 is 5.32 Å². The van der Waals surface area contributed by atoms with Crippen LogP contribution in [0.15, 0.2) is 18.2 Å². The quantitative estimate of drug-likeness (QED) is 0.478. The number of anilines is 1. The molecular weight excluding hydrogens is 302 g/mol. The average Bonchev–Trinajstić information content (AvgIpc) is 2.45. The summed E-state index contributed by atoms with van der Waals surface area (Å²) >= 11 is 5.65. The Morgan fingerprint density at radius 2 is 2.14 bits per heavy atom. The van der Waals surface area contributed by atoms with Gasteiger partial charge in [-0.1, -0.05) is 11.6 Å². The second-order valence-electron chi connectivity index (χ2n) is 3.99. The molecule has 0 aliphatic carbocycles. The van der Waals surface area contributed by atoms with E-state index >= 15 is 0 Å². The van der Waals surface area contributed by atoms with Gasteiger partial charge < -0.3 is 15.3 Å². The number of nitrogens with zero attached hydrogens (tertiary/aromatic N) is 2. The number of nitro groups is 1. The van der Waals surface area contributed by atoms with Gasteiger partial charge in [0.1, 0.15) is 5.02 Å². The number of nitrogens with one attached hydrogen (secondary N) is 1. The van der Waals surface area contributed by atoms with E-state index in [9.17, 15) is 19.7 Å². The minimum absolute atomic E-state index is 0.0313. The number of carbonyl (C=O) groups excluding carboxylic acids is 2. The lowest BCUT2D eigenvalue weighted by atomic mass is 10.2. The van der Waals surface area contributed by atoms with E-state index in [1.54, 1.807) is 6.92 Å². The predicted molar refractivity (Wildman–Crippen MR) is 76.1 cm³/mol. The molecule has 1 aromatic carbocycles. The van der Waals surface area contributed by atoms with Crippen molar-refractivity contribution in [1.29, 1.82) is 0 Å². The number of likely N-dealkylation sites (N-methyl/N-ethyl adjacent to an activating group) is 1. The number of halogens is 1. The third-order valence-electron chi connectivity index (χ3n) is 2.63. The van der Waals surface area contributed by atoms with Gasteiger partial charge in [-0.3, -0.25) is 19.7 Å². The van der Waals surface area contributed by atoms with E-state index in [2.05, 4.69) is 5.32 Å². The lowest BCUT2D eigenvalue weighted by Gasteiger charge is -2.18. The fourth-order valence-corrected chi connectivity index (χ4v) is 1.77. The molecule has 0 heterocycles. The van der Waals surface area contributed by atoms with Crippen molar-refractivity contribution in [2.75, 3.05) is 25.0 Å². The standard InChI is InChI=1S/C12H14ClN3O5/c1-2-15(5-6-17)12(19)11(18)14-8-3-4-9(13)10(7-8)16(20)21/h3-4,7,17H,2,5-6H2,1H3,(H,14,18). The van der Waals surface area contributed by atoms with Crippen LogP contribution in [0.5, 0.6) is 0 Å². The Balaban J connectivity index is 2.86. The summed E-state index contributed by atoms with van der Waals surface area (Å²) in [6.45, 7) is 1.68. The van der Waals surface area contributed by atoms with Crippen LogP contribution in [0.25, 0.3) is 0 Å². The minimum atomic E-state index is -0.943. The third kappa shape index (κ3) is 4.40. The molecule has 0 aliphatic heterocycles. The highest BCUT2D eigenvalue weighted by Gasteiger charge is 2.21. The molecule has 0 fully saturated rings. The first kappa shape index (κ1) is 16.9. The predicted octanol–water partition coefficient (Wildman–Crippen LogP) is 1.03. The largest absolute Gasteiger partial charge is 0.395 e. The van der Waals surface area contributed by atoms with E-state index in [-0.39, 0.29) is 36.1 Å². The molecular formula is C12H14ClN3O5. The fraction of sp³-hybridized carbons (Fsp3) is 0.333. The van der Waals surface area contributed by atoms with Crippen LogP contribution in [-0.4, -0.2) is 46.4 Å². The zero-order valence-electron chi connectivity index (χ0n) is 11.2. The second kappa shape index (κ2) is 7.55. The van der Waals surface area contributed by atoms with Crippen molar-refractivity contribution in [3.8, 4) is 0 Å². The second-order valence-corrected chi connectivity index (χ2v) is 4.39. The Morgan fingerprint density at radius 1 is 1.48 bits per heavy atom. The molecule has 0 spiro atoms. The van der Waals surface area contributed by atoms with Gasteiger partial charge in [-0.2, -0.15) is 0 Å².